The van der Waals surface area contributed by atoms with Crippen LogP contribution in [0.1, 0.15) is 92.6 Å². The van der Waals surface area contributed by atoms with E-state index in [0.717, 1.165) is 13.8 Å². The number of carbonyl (C=O) groups excluding carboxylic acids is 7. The van der Waals surface area contributed by atoms with Gasteiger partial charge in [0.2, 0.25) is 6.10 Å². The van der Waals surface area contributed by atoms with Gasteiger partial charge in [0.15, 0.2) is 17.5 Å². The van der Waals surface area contributed by atoms with Gasteiger partial charge in [-0.15, -0.1) is 0 Å². The van der Waals surface area contributed by atoms with Crippen molar-refractivity contribution in [3.63, 3.8) is 0 Å². The lowest BCUT2D eigenvalue weighted by atomic mass is 9.30. The van der Waals surface area contributed by atoms with E-state index in [4.69, 9.17) is 28.4 Å². The number of ether oxygens (including phenoxy) is 6. The van der Waals surface area contributed by atoms with Crippen LogP contribution in [0.2, 0.25) is 0 Å². The predicted molar refractivity (Wildman–Crippen MR) is 232 cm³/mol. The summed E-state index contributed by atoms with van der Waals surface area (Å²) in [7, 11) is 0. The maximum absolute atomic E-state index is 15.5. The number of Topliss-reactive ketones (excluding diaryl/α,β-unsaturated/α-hetero) is 1. The molecule has 3 aromatic carbocycles. The lowest BCUT2D eigenvalue weighted by Gasteiger charge is -2.78. The summed E-state index contributed by atoms with van der Waals surface area (Å²) >= 11 is 0. The molecule has 12 atom stereocenters. The normalized spacial score (nSPS) is 32.7. The molecule has 68 heavy (non-hydrogen) atoms. The van der Waals surface area contributed by atoms with Crippen molar-refractivity contribution in [1.29, 1.82) is 0 Å². The average molecular weight is 938 g/mol. The van der Waals surface area contributed by atoms with Crippen LogP contribution in [0.4, 0.5) is 0 Å². The van der Waals surface area contributed by atoms with Gasteiger partial charge in [0.25, 0.3) is 5.91 Å². The molecule has 1 saturated heterocycles. The summed E-state index contributed by atoms with van der Waals surface area (Å²) in [4.78, 5) is 110. The van der Waals surface area contributed by atoms with Gasteiger partial charge in [-0.2, -0.15) is 0 Å². The second-order valence-corrected chi connectivity index (χ2v) is 18.5. The summed E-state index contributed by atoms with van der Waals surface area (Å²) in [6.07, 6.45) is -10.6. The van der Waals surface area contributed by atoms with E-state index in [2.05, 4.69) is 5.32 Å². The largest absolute Gasteiger partial charge is 0.481 e. The first-order valence-corrected chi connectivity index (χ1v) is 22.1. The molecule has 0 bridgehead atoms. The van der Waals surface area contributed by atoms with Gasteiger partial charge in [0.1, 0.15) is 29.5 Å². The molecule has 18 nitrogen and oxygen atoms in total. The Morgan fingerprint density at radius 3 is 1.99 bits per heavy atom. The molecular weight excluding hydrogens is 887 g/mol. The smallest absolute Gasteiger partial charge is 0.350 e. The molecule has 5 aliphatic rings. The number of carboxylic acids is 1. The van der Waals surface area contributed by atoms with Crippen molar-refractivity contribution in [1.82, 2.24) is 5.32 Å². The minimum Gasteiger partial charge on any atom is -0.481 e. The van der Waals surface area contributed by atoms with Gasteiger partial charge in [0, 0.05) is 32.3 Å². The number of amides is 1. The van der Waals surface area contributed by atoms with Crippen LogP contribution in [0.15, 0.2) is 102 Å². The Balaban J connectivity index is 1.29. The van der Waals surface area contributed by atoms with E-state index in [-0.39, 0.29) is 40.9 Å². The van der Waals surface area contributed by atoms with Gasteiger partial charge in [0.05, 0.1) is 47.9 Å². The van der Waals surface area contributed by atoms with Crippen molar-refractivity contribution in [2.45, 2.75) is 114 Å². The highest BCUT2D eigenvalue weighted by Crippen LogP contribution is 2.78. The zero-order valence-electron chi connectivity index (χ0n) is 37.8. The standard InChI is InChI=1S/C50H51NO17/c1-26-36-38(64-27(2)52)41(58)46(4)32(54)23-33-48(25-63-33,67-28(3)53)40(46)42(66-44(60)31-19-13-8-14-20-31)49(62)24-50(26,47(36,49)5)68-45(61)39(65-35(57)22-21-34(55)56)37(29-15-9-6-10-16-29)51-43(59)30-17-11-7-12-18-30/h6-20,32-33,37-40,42,54,62H,21-25H2,1-5H3,(H,51,59)(H,55,56)/t32-,33?,37-,38+,39+,40?,42-,46+,47+,48-,49+,50+/m0/s1. The molecule has 18 heteroatoms. The summed E-state index contributed by atoms with van der Waals surface area (Å²) in [6, 6.07) is 22.2. The summed E-state index contributed by atoms with van der Waals surface area (Å²) in [6.45, 7) is 6.10. The molecule has 3 saturated carbocycles. The number of ketones is 1. The minimum absolute atomic E-state index is 0.0306. The van der Waals surface area contributed by atoms with Gasteiger partial charge in [-0.05, 0) is 61.7 Å². The number of benzene rings is 3. The van der Waals surface area contributed by atoms with Crippen LogP contribution in [0, 0.1) is 16.7 Å². The van der Waals surface area contributed by atoms with Crippen molar-refractivity contribution in [3.05, 3.63) is 119 Å². The maximum atomic E-state index is 15.5. The number of fused-ring (bicyclic) bond motifs is 3. The molecule has 2 unspecified atom stereocenters. The van der Waals surface area contributed by atoms with Crippen LogP contribution >= 0.6 is 0 Å². The molecule has 4 fully saturated rings. The number of nitrogens with one attached hydrogen (secondary N) is 1. The number of carbonyl (C=O) groups is 8. The van der Waals surface area contributed by atoms with Crippen LogP contribution < -0.4 is 5.32 Å². The number of esters is 5. The molecule has 1 amide bonds. The molecule has 3 aromatic rings. The van der Waals surface area contributed by atoms with E-state index in [1.807, 2.05) is 0 Å². The highest BCUT2D eigenvalue weighted by Gasteiger charge is 2.90. The lowest BCUT2D eigenvalue weighted by Crippen LogP contribution is -2.90. The third kappa shape index (κ3) is 7.27. The van der Waals surface area contributed by atoms with Gasteiger partial charge in [-0.1, -0.05) is 66.7 Å². The van der Waals surface area contributed by atoms with E-state index in [9.17, 15) is 44.1 Å². The number of aliphatic carboxylic acids is 1. The number of hydrogen-bond acceptors (Lipinski definition) is 16. The Kier molecular flexibility index (Phi) is 12.2. The van der Waals surface area contributed by atoms with Crippen molar-refractivity contribution in [2.75, 3.05) is 6.61 Å². The van der Waals surface area contributed by atoms with Gasteiger partial charge >= 0.3 is 35.8 Å². The van der Waals surface area contributed by atoms with Crippen LogP contribution in [0.25, 0.3) is 0 Å². The second-order valence-electron chi connectivity index (χ2n) is 18.5. The van der Waals surface area contributed by atoms with Gasteiger partial charge in [-0.3, -0.25) is 28.8 Å². The summed E-state index contributed by atoms with van der Waals surface area (Å²) in [5.41, 5.74) is -9.74. The SMILES string of the molecule is CC(=O)O[C@H]1C(=O)[C@@]2(C)C([C@H](OC(=O)c3ccccc3)[C@]3(O)C[C@@]4(OC(=O)[C@H](OC(=O)CCC(=O)O)[C@@H](NC(=O)c5ccccc5)c5ccccc5)C(C)=C1[C@]34C)[C@]1(OC(C)=O)COC1C[C@@H]2O. The highest BCUT2D eigenvalue weighted by molar-refractivity contribution is 5.98. The van der Waals surface area contributed by atoms with Crippen molar-refractivity contribution < 1.29 is 82.1 Å². The Morgan fingerprint density at radius 1 is 0.824 bits per heavy atom. The van der Waals surface area contributed by atoms with E-state index in [0.29, 0.717) is 0 Å². The van der Waals surface area contributed by atoms with Gasteiger partial charge in [-0.25, -0.2) is 9.59 Å². The minimum atomic E-state index is -2.41. The number of rotatable bonds is 14. The van der Waals surface area contributed by atoms with E-state index in [1.165, 1.54) is 45.0 Å². The maximum Gasteiger partial charge on any atom is 0.350 e. The van der Waals surface area contributed by atoms with E-state index < -0.39 is 137 Å². The molecule has 358 valence electrons. The first-order chi connectivity index (χ1) is 32.2. The van der Waals surface area contributed by atoms with Crippen LogP contribution in [-0.4, -0.2) is 117 Å². The first-order valence-electron chi connectivity index (χ1n) is 22.1. The number of hydrogen-bond donors (Lipinski definition) is 4. The summed E-state index contributed by atoms with van der Waals surface area (Å²) in [5.74, 6) is -9.66. The van der Waals surface area contributed by atoms with Crippen LogP contribution in [-0.2, 0) is 57.2 Å². The monoisotopic (exact) mass is 937 g/mol. The van der Waals surface area contributed by atoms with E-state index in [1.54, 1.807) is 66.7 Å². The molecule has 4 N–H and O–H groups in total. The van der Waals surface area contributed by atoms with Crippen molar-refractivity contribution >= 4 is 47.5 Å². The van der Waals surface area contributed by atoms with Crippen molar-refractivity contribution in [2.24, 2.45) is 16.7 Å². The molecule has 1 aliphatic heterocycles. The molecule has 0 aromatic heterocycles. The number of carboxylic acid groups (broad SMARTS) is 1. The van der Waals surface area contributed by atoms with Gasteiger partial charge < -0.3 is 49.1 Å². The number of aliphatic hydroxyl groups is 2. The fourth-order valence-electron chi connectivity index (χ4n) is 11.5. The Bertz CT molecular complexity index is 2600. The lowest BCUT2D eigenvalue weighted by molar-refractivity contribution is -0.376. The topological polar surface area (TPSA) is 265 Å². The third-order valence-electron chi connectivity index (χ3n) is 14.9. The predicted octanol–water partition coefficient (Wildman–Crippen LogP) is 3.52. The average Bonchev–Trinajstić information content (AvgIpc) is 3.31. The number of aliphatic hydroxyl groups excluding tert-OH is 1. The highest BCUT2D eigenvalue weighted by atomic mass is 16.6. The molecule has 1 heterocycles. The quantitative estimate of drug-likeness (QED) is 0.102. The molecule has 0 radical (unpaired) electrons. The first kappa shape index (κ1) is 47.7. The van der Waals surface area contributed by atoms with E-state index >= 15 is 9.59 Å². The molecule has 0 spiro atoms. The fourth-order valence-corrected chi connectivity index (χ4v) is 11.5. The summed E-state index contributed by atoms with van der Waals surface area (Å²) < 4.78 is 36.3. The third-order valence-corrected chi connectivity index (χ3v) is 14.9. The van der Waals surface area contributed by atoms with Crippen molar-refractivity contribution in [3.8, 4) is 0 Å². The second kappa shape index (κ2) is 17.4. The Labute approximate surface area is 389 Å². The fraction of sp³-hybridized carbons (Fsp3) is 0.440. The Hall–Kier alpha value is -6.76. The zero-order chi connectivity index (χ0) is 49.1. The molecule has 4 aliphatic carbocycles. The molecular formula is C50H51NO17. The van der Waals surface area contributed by atoms with Crippen LogP contribution in [0.5, 0.6) is 0 Å². The zero-order valence-corrected chi connectivity index (χ0v) is 37.8. The Morgan fingerprint density at radius 2 is 1.43 bits per heavy atom. The van der Waals surface area contributed by atoms with Crippen LogP contribution in [0.3, 0.4) is 0 Å². The molecule has 8 rings (SSSR count). The summed E-state index contributed by atoms with van der Waals surface area (Å²) in [5, 5.41) is 37.9.